The first-order valence-corrected chi connectivity index (χ1v) is 8.08. The normalized spacial score (nSPS) is 17.0. The average molecular weight is 310 g/mol. The molecular formula is C18H14O3S. The highest BCUT2D eigenvalue weighted by Crippen LogP contribution is 2.35. The Morgan fingerprint density at radius 2 is 1.77 bits per heavy atom. The summed E-state index contributed by atoms with van der Waals surface area (Å²) >= 11 is 1.74. The maximum atomic E-state index is 12.2. The second-order valence-electron chi connectivity index (χ2n) is 5.26. The van der Waals surface area contributed by atoms with Crippen LogP contribution in [-0.2, 0) is 6.42 Å². The smallest absolute Gasteiger partial charge is 0.343 e. The molecule has 1 atom stereocenters. The minimum Gasteiger partial charge on any atom is -0.491 e. The summed E-state index contributed by atoms with van der Waals surface area (Å²) in [4.78, 5) is 13.4. The summed E-state index contributed by atoms with van der Waals surface area (Å²) in [5.41, 5.74) is 0.950. The Hall–Kier alpha value is -2.20. The van der Waals surface area contributed by atoms with Crippen LogP contribution in [0.1, 0.15) is 5.56 Å². The first-order chi connectivity index (χ1) is 10.8. The Bertz CT molecular complexity index is 870. The Kier molecular flexibility index (Phi) is 3.39. The van der Waals surface area contributed by atoms with Gasteiger partial charge in [0.15, 0.2) is 0 Å². The molecule has 1 aliphatic rings. The molecule has 3 aromatic rings. The van der Waals surface area contributed by atoms with Gasteiger partial charge in [0.25, 0.3) is 0 Å². The van der Waals surface area contributed by atoms with E-state index < -0.39 is 0 Å². The molecule has 0 bridgehead atoms. The number of ether oxygens (including phenoxy) is 1. The van der Waals surface area contributed by atoms with Crippen molar-refractivity contribution >= 4 is 22.7 Å². The van der Waals surface area contributed by atoms with Crippen LogP contribution in [0.3, 0.4) is 0 Å². The zero-order valence-corrected chi connectivity index (χ0v) is 12.6. The fourth-order valence-electron chi connectivity index (χ4n) is 2.73. The Labute approximate surface area is 131 Å². The molecule has 1 aromatic heterocycles. The molecule has 0 fully saturated rings. The van der Waals surface area contributed by atoms with E-state index >= 15 is 0 Å². The predicted molar refractivity (Wildman–Crippen MR) is 87.8 cm³/mol. The predicted octanol–water partition coefficient (Wildman–Crippen LogP) is 3.89. The van der Waals surface area contributed by atoms with Crippen LogP contribution in [0, 0.1) is 0 Å². The van der Waals surface area contributed by atoms with E-state index in [0.717, 1.165) is 5.39 Å². The van der Waals surface area contributed by atoms with Gasteiger partial charge in [-0.2, -0.15) is 0 Å². The molecule has 0 saturated heterocycles. The lowest BCUT2D eigenvalue weighted by Crippen LogP contribution is -2.27. The van der Waals surface area contributed by atoms with Gasteiger partial charge in [-0.3, -0.25) is 0 Å². The van der Waals surface area contributed by atoms with E-state index in [1.165, 1.54) is 4.90 Å². The number of benzene rings is 2. The van der Waals surface area contributed by atoms with Crippen molar-refractivity contribution in [2.24, 2.45) is 0 Å². The Morgan fingerprint density at radius 3 is 2.64 bits per heavy atom. The fourth-order valence-corrected chi connectivity index (χ4v) is 3.82. The highest BCUT2D eigenvalue weighted by molar-refractivity contribution is 8.00. The van der Waals surface area contributed by atoms with E-state index in [-0.39, 0.29) is 10.9 Å². The second-order valence-corrected chi connectivity index (χ2v) is 6.64. The standard InChI is InChI=1S/C18H14O3S/c19-18-15-10-13(22-12-6-2-1-3-7-12)11-20-17(15)14-8-4-5-9-16(14)21-18/h1-9,13H,10-11H2. The lowest BCUT2D eigenvalue weighted by atomic mass is 10.1. The molecule has 3 nitrogen and oxygen atoms in total. The summed E-state index contributed by atoms with van der Waals surface area (Å²) < 4.78 is 11.3. The molecule has 0 spiro atoms. The summed E-state index contributed by atoms with van der Waals surface area (Å²) in [6, 6.07) is 17.7. The minimum atomic E-state index is -0.285. The van der Waals surface area contributed by atoms with Crippen molar-refractivity contribution in [3.63, 3.8) is 0 Å². The molecule has 1 aliphatic heterocycles. The molecule has 1 unspecified atom stereocenters. The maximum absolute atomic E-state index is 12.2. The van der Waals surface area contributed by atoms with Gasteiger partial charge in [0.1, 0.15) is 17.9 Å². The van der Waals surface area contributed by atoms with E-state index in [9.17, 15) is 4.79 Å². The van der Waals surface area contributed by atoms with E-state index in [1.807, 2.05) is 36.4 Å². The molecule has 4 rings (SSSR count). The lowest BCUT2D eigenvalue weighted by Gasteiger charge is -2.24. The molecule has 0 N–H and O–H groups in total. The molecule has 4 heteroatoms. The van der Waals surface area contributed by atoms with Crippen molar-refractivity contribution in [1.82, 2.24) is 0 Å². The van der Waals surface area contributed by atoms with Crippen molar-refractivity contribution < 1.29 is 9.15 Å². The summed E-state index contributed by atoms with van der Waals surface area (Å²) in [7, 11) is 0. The zero-order chi connectivity index (χ0) is 14.9. The van der Waals surface area contributed by atoms with E-state index in [2.05, 4.69) is 12.1 Å². The Morgan fingerprint density at radius 1 is 1.00 bits per heavy atom. The highest BCUT2D eigenvalue weighted by atomic mass is 32.2. The summed E-state index contributed by atoms with van der Waals surface area (Å²) in [5.74, 6) is 0.691. The number of fused-ring (bicyclic) bond motifs is 3. The van der Waals surface area contributed by atoms with Gasteiger partial charge in [-0.05, 0) is 30.7 Å². The largest absolute Gasteiger partial charge is 0.491 e. The molecule has 0 amide bonds. The van der Waals surface area contributed by atoms with Crippen LogP contribution in [0.5, 0.6) is 5.75 Å². The lowest BCUT2D eigenvalue weighted by molar-refractivity contribution is 0.292. The van der Waals surface area contributed by atoms with Crippen LogP contribution in [-0.4, -0.2) is 11.9 Å². The fraction of sp³-hybridized carbons (Fsp3) is 0.167. The first kappa shape index (κ1) is 13.5. The van der Waals surface area contributed by atoms with Crippen molar-refractivity contribution in [1.29, 1.82) is 0 Å². The van der Waals surface area contributed by atoms with Crippen molar-refractivity contribution in [3.05, 3.63) is 70.6 Å². The SMILES string of the molecule is O=c1oc2ccccc2c2c1CC(Sc1ccccc1)CO2. The topological polar surface area (TPSA) is 39.4 Å². The van der Waals surface area contributed by atoms with Crippen LogP contribution >= 0.6 is 11.8 Å². The Balaban J connectivity index is 1.69. The summed E-state index contributed by atoms with van der Waals surface area (Å²) in [5, 5.41) is 1.10. The molecular weight excluding hydrogens is 296 g/mol. The second kappa shape index (κ2) is 5.54. The molecule has 0 aliphatic carbocycles. The van der Waals surface area contributed by atoms with Crippen LogP contribution < -0.4 is 10.4 Å². The van der Waals surface area contributed by atoms with Crippen molar-refractivity contribution in [3.8, 4) is 5.75 Å². The van der Waals surface area contributed by atoms with Crippen LogP contribution in [0.15, 0.2) is 68.7 Å². The number of hydrogen-bond acceptors (Lipinski definition) is 4. The van der Waals surface area contributed by atoms with Crippen LogP contribution in [0.2, 0.25) is 0 Å². The molecule has 0 radical (unpaired) electrons. The molecule has 0 saturated carbocycles. The van der Waals surface area contributed by atoms with E-state index in [1.54, 1.807) is 17.8 Å². The van der Waals surface area contributed by atoms with Crippen molar-refractivity contribution in [2.45, 2.75) is 16.6 Å². The van der Waals surface area contributed by atoms with Gasteiger partial charge >= 0.3 is 5.63 Å². The quantitative estimate of drug-likeness (QED) is 0.673. The van der Waals surface area contributed by atoms with Gasteiger partial charge in [0.05, 0.1) is 10.9 Å². The van der Waals surface area contributed by atoms with Crippen LogP contribution in [0.4, 0.5) is 0 Å². The molecule has 2 heterocycles. The third-order valence-electron chi connectivity index (χ3n) is 3.75. The van der Waals surface area contributed by atoms with Gasteiger partial charge in [0, 0.05) is 10.1 Å². The number of rotatable bonds is 2. The molecule has 22 heavy (non-hydrogen) atoms. The molecule has 2 aromatic carbocycles. The first-order valence-electron chi connectivity index (χ1n) is 7.20. The van der Waals surface area contributed by atoms with Gasteiger partial charge in [0.2, 0.25) is 0 Å². The van der Waals surface area contributed by atoms with Gasteiger partial charge in [-0.1, -0.05) is 30.3 Å². The highest BCUT2D eigenvalue weighted by Gasteiger charge is 2.26. The van der Waals surface area contributed by atoms with Crippen LogP contribution in [0.25, 0.3) is 11.0 Å². The van der Waals surface area contributed by atoms with Gasteiger partial charge in [-0.15, -0.1) is 11.8 Å². The zero-order valence-electron chi connectivity index (χ0n) is 11.8. The molecule has 110 valence electrons. The van der Waals surface area contributed by atoms with E-state index in [4.69, 9.17) is 9.15 Å². The van der Waals surface area contributed by atoms with Crippen molar-refractivity contribution in [2.75, 3.05) is 6.61 Å². The van der Waals surface area contributed by atoms with Gasteiger partial charge < -0.3 is 9.15 Å². The average Bonchev–Trinajstić information content (AvgIpc) is 2.56. The third kappa shape index (κ3) is 2.40. The number of para-hydroxylation sites is 1. The van der Waals surface area contributed by atoms with Gasteiger partial charge in [-0.25, -0.2) is 4.79 Å². The monoisotopic (exact) mass is 310 g/mol. The third-order valence-corrected chi connectivity index (χ3v) is 4.93. The summed E-state index contributed by atoms with van der Waals surface area (Å²) in [6.07, 6.45) is 0.669. The maximum Gasteiger partial charge on any atom is 0.343 e. The number of thioether (sulfide) groups is 1. The minimum absolute atomic E-state index is 0.221. The van der Waals surface area contributed by atoms with E-state index in [0.29, 0.717) is 29.9 Å². The summed E-state index contributed by atoms with van der Waals surface area (Å²) in [6.45, 7) is 0.597. The number of hydrogen-bond donors (Lipinski definition) is 0.